The molecule has 0 spiro atoms. The lowest BCUT2D eigenvalue weighted by Crippen LogP contribution is -2.36. The summed E-state index contributed by atoms with van der Waals surface area (Å²) in [5.41, 5.74) is 3.33. The summed E-state index contributed by atoms with van der Waals surface area (Å²) in [6.45, 7) is 2.00. The molecule has 3 aromatic carbocycles. The van der Waals surface area contributed by atoms with E-state index in [0.29, 0.717) is 28.6 Å². The molecule has 3 amide bonds. The summed E-state index contributed by atoms with van der Waals surface area (Å²) in [4.78, 5) is 38.9. The molecular formula is C27H23ClN2O4S. The third kappa shape index (κ3) is 6.32. The summed E-state index contributed by atoms with van der Waals surface area (Å²) in [5.74, 6) is -0.335. The molecular weight excluding hydrogens is 484 g/mol. The Labute approximate surface area is 212 Å². The van der Waals surface area contributed by atoms with Crippen molar-refractivity contribution in [1.29, 1.82) is 0 Å². The lowest BCUT2D eigenvalue weighted by atomic mass is 10.1. The van der Waals surface area contributed by atoms with Crippen molar-refractivity contribution in [2.24, 2.45) is 0 Å². The Hall–Kier alpha value is -3.55. The third-order valence-electron chi connectivity index (χ3n) is 5.33. The average molecular weight is 507 g/mol. The quantitative estimate of drug-likeness (QED) is 0.370. The van der Waals surface area contributed by atoms with E-state index in [-0.39, 0.29) is 11.4 Å². The van der Waals surface area contributed by atoms with Crippen LogP contribution in [0.3, 0.4) is 0 Å². The van der Waals surface area contributed by atoms with Gasteiger partial charge in [0.25, 0.3) is 11.1 Å². The van der Waals surface area contributed by atoms with Crippen LogP contribution in [-0.2, 0) is 22.6 Å². The highest BCUT2D eigenvalue weighted by atomic mass is 35.5. The first-order valence-electron chi connectivity index (χ1n) is 11.0. The number of ether oxygens (including phenoxy) is 1. The molecule has 1 aliphatic heterocycles. The number of halogens is 1. The van der Waals surface area contributed by atoms with E-state index in [1.165, 1.54) is 0 Å². The van der Waals surface area contributed by atoms with Crippen LogP contribution in [0.2, 0.25) is 5.02 Å². The molecule has 178 valence electrons. The lowest BCUT2D eigenvalue weighted by molar-refractivity contribution is -0.127. The fraction of sp³-hybridized carbons (Fsp3) is 0.148. The summed E-state index contributed by atoms with van der Waals surface area (Å²) in [5, 5.41) is 2.87. The van der Waals surface area contributed by atoms with Gasteiger partial charge in [-0.05, 0) is 65.7 Å². The second kappa shape index (κ2) is 11.3. The van der Waals surface area contributed by atoms with Gasteiger partial charge < -0.3 is 10.1 Å². The van der Waals surface area contributed by atoms with Gasteiger partial charge in [-0.25, -0.2) is 0 Å². The first kappa shape index (κ1) is 24.6. The van der Waals surface area contributed by atoms with Gasteiger partial charge in [0.05, 0.1) is 4.91 Å². The number of nitrogens with one attached hydrogen (secondary N) is 1. The van der Waals surface area contributed by atoms with Gasteiger partial charge in [-0.1, -0.05) is 61.0 Å². The van der Waals surface area contributed by atoms with E-state index in [4.69, 9.17) is 16.3 Å². The van der Waals surface area contributed by atoms with Gasteiger partial charge in [0, 0.05) is 16.3 Å². The number of hydrogen-bond acceptors (Lipinski definition) is 5. The number of thioether (sulfide) groups is 1. The summed E-state index contributed by atoms with van der Waals surface area (Å²) in [7, 11) is 0. The molecule has 1 N–H and O–H groups in total. The van der Waals surface area contributed by atoms with Crippen molar-refractivity contribution in [3.8, 4) is 5.75 Å². The van der Waals surface area contributed by atoms with Crippen LogP contribution in [0.5, 0.6) is 5.75 Å². The second-order valence-electron chi connectivity index (χ2n) is 7.82. The molecule has 0 atom stereocenters. The average Bonchev–Trinajstić information content (AvgIpc) is 3.11. The van der Waals surface area contributed by atoms with Crippen LogP contribution in [0, 0.1) is 0 Å². The van der Waals surface area contributed by atoms with Crippen molar-refractivity contribution >= 4 is 52.2 Å². The van der Waals surface area contributed by atoms with Crippen LogP contribution >= 0.6 is 23.4 Å². The monoisotopic (exact) mass is 506 g/mol. The van der Waals surface area contributed by atoms with Gasteiger partial charge in [0.1, 0.15) is 18.9 Å². The smallest absolute Gasteiger partial charge is 0.294 e. The Bertz CT molecular complexity index is 1290. The van der Waals surface area contributed by atoms with Gasteiger partial charge in [-0.2, -0.15) is 0 Å². The first-order chi connectivity index (χ1) is 16.9. The lowest BCUT2D eigenvalue weighted by Gasteiger charge is -2.12. The number of carbonyl (C=O) groups is 3. The maximum absolute atomic E-state index is 12.8. The Morgan fingerprint density at radius 3 is 2.57 bits per heavy atom. The molecule has 0 radical (unpaired) electrons. The SMILES string of the molecule is CCc1ccc(NC(=O)CN2C(=O)S/C(=C/c3cccc(OCc4ccccc4Cl)c3)C2=O)cc1. The zero-order valence-corrected chi connectivity index (χ0v) is 20.6. The topological polar surface area (TPSA) is 75.7 Å². The number of hydrogen-bond donors (Lipinski definition) is 1. The fourth-order valence-electron chi connectivity index (χ4n) is 3.43. The predicted octanol–water partition coefficient (Wildman–Crippen LogP) is 6.16. The predicted molar refractivity (Wildman–Crippen MR) is 139 cm³/mol. The largest absolute Gasteiger partial charge is 0.489 e. The van der Waals surface area contributed by atoms with Crippen LogP contribution in [0.4, 0.5) is 10.5 Å². The zero-order valence-electron chi connectivity index (χ0n) is 19.0. The van der Waals surface area contributed by atoms with Crippen molar-refractivity contribution in [1.82, 2.24) is 4.90 Å². The van der Waals surface area contributed by atoms with Crippen molar-refractivity contribution in [2.45, 2.75) is 20.0 Å². The van der Waals surface area contributed by atoms with Gasteiger partial charge in [0.2, 0.25) is 5.91 Å². The van der Waals surface area contributed by atoms with Gasteiger partial charge >= 0.3 is 0 Å². The van der Waals surface area contributed by atoms with E-state index in [0.717, 1.165) is 34.2 Å². The highest BCUT2D eigenvalue weighted by Gasteiger charge is 2.36. The number of benzene rings is 3. The fourth-order valence-corrected chi connectivity index (χ4v) is 4.45. The normalized spacial score (nSPS) is 14.5. The molecule has 1 heterocycles. The van der Waals surface area contributed by atoms with E-state index in [1.807, 2.05) is 43.3 Å². The van der Waals surface area contributed by atoms with E-state index >= 15 is 0 Å². The molecule has 0 aromatic heterocycles. The minimum Gasteiger partial charge on any atom is -0.489 e. The summed E-state index contributed by atoms with van der Waals surface area (Å²) in [6.07, 6.45) is 2.52. The van der Waals surface area contributed by atoms with Crippen LogP contribution in [-0.4, -0.2) is 28.5 Å². The number of nitrogens with zero attached hydrogens (tertiary/aromatic N) is 1. The van der Waals surface area contributed by atoms with Crippen molar-refractivity contribution in [2.75, 3.05) is 11.9 Å². The van der Waals surface area contributed by atoms with Crippen LogP contribution in [0.1, 0.15) is 23.6 Å². The van der Waals surface area contributed by atoms with Crippen LogP contribution in [0.15, 0.2) is 77.7 Å². The Balaban J connectivity index is 1.39. The van der Waals surface area contributed by atoms with Gasteiger partial charge in [-0.3, -0.25) is 19.3 Å². The molecule has 35 heavy (non-hydrogen) atoms. The second-order valence-corrected chi connectivity index (χ2v) is 9.22. The minimum absolute atomic E-state index is 0.248. The van der Waals surface area contributed by atoms with Crippen LogP contribution in [0.25, 0.3) is 6.08 Å². The highest BCUT2D eigenvalue weighted by molar-refractivity contribution is 8.18. The molecule has 4 rings (SSSR count). The zero-order chi connectivity index (χ0) is 24.8. The number of carbonyl (C=O) groups excluding carboxylic acids is 3. The molecule has 0 unspecified atom stereocenters. The summed E-state index contributed by atoms with van der Waals surface area (Å²) in [6, 6.07) is 22.1. The Morgan fingerprint density at radius 1 is 1.06 bits per heavy atom. The molecule has 0 bridgehead atoms. The van der Waals surface area contributed by atoms with E-state index in [9.17, 15) is 14.4 Å². The van der Waals surface area contributed by atoms with Crippen molar-refractivity contribution in [3.05, 3.63) is 99.4 Å². The maximum atomic E-state index is 12.8. The first-order valence-corrected chi connectivity index (χ1v) is 12.2. The number of aryl methyl sites for hydroxylation is 1. The van der Waals surface area contributed by atoms with Crippen molar-refractivity contribution < 1.29 is 19.1 Å². The molecule has 3 aromatic rings. The van der Waals surface area contributed by atoms with Gasteiger partial charge in [-0.15, -0.1) is 0 Å². The molecule has 0 aliphatic carbocycles. The van der Waals surface area contributed by atoms with Crippen molar-refractivity contribution in [3.63, 3.8) is 0 Å². The number of imide groups is 1. The number of rotatable bonds is 8. The molecule has 8 heteroatoms. The van der Waals surface area contributed by atoms with E-state index in [2.05, 4.69) is 5.32 Å². The molecule has 1 fully saturated rings. The minimum atomic E-state index is -0.501. The van der Waals surface area contributed by atoms with E-state index < -0.39 is 17.1 Å². The molecule has 0 saturated carbocycles. The third-order valence-corrected chi connectivity index (χ3v) is 6.61. The van der Waals surface area contributed by atoms with Gasteiger partial charge in [0.15, 0.2) is 0 Å². The summed E-state index contributed by atoms with van der Waals surface area (Å²) >= 11 is 6.99. The standard InChI is InChI=1S/C27H23ClN2O4S/c1-2-18-10-12-21(13-11-18)29-25(31)16-30-26(32)24(35-27(30)33)15-19-6-5-8-22(14-19)34-17-20-7-3-4-9-23(20)28/h3-15H,2,16-17H2,1H3,(H,29,31)/b24-15+. The van der Waals surface area contributed by atoms with Crippen LogP contribution < -0.4 is 10.1 Å². The maximum Gasteiger partial charge on any atom is 0.294 e. The molecule has 1 aliphatic rings. The Kier molecular flexibility index (Phi) is 7.90. The number of anilines is 1. The highest BCUT2D eigenvalue weighted by Crippen LogP contribution is 2.32. The molecule has 1 saturated heterocycles. The van der Waals surface area contributed by atoms with E-state index in [1.54, 1.807) is 42.5 Å². The Morgan fingerprint density at radius 2 is 1.83 bits per heavy atom. The summed E-state index contributed by atoms with van der Waals surface area (Å²) < 4.78 is 5.84. The number of amides is 3. The molecule has 6 nitrogen and oxygen atoms in total.